The summed E-state index contributed by atoms with van der Waals surface area (Å²) in [5.41, 5.74) is 3.13. The Bertz CT molecular complexity index is 674. The third kappa shape index (κ3) is 2.34. The maximum atomic E-state index is 5.64. The van der Waals surface area contributed by atoms with Gasteiger partial charge in [-0.1, -0.05) is 30.3 Å². The second-order valence-electron chi connectivity index (χ2n) is 4.41. The molecular formula is C15H14BrN3O. The molecule has 0 spiro atoms. The van der Waals surface area contributed by atoms with Crippen LogP contribution in [0, 0.1) is 0 Å². The van der Waals surface area contributed by atoms with Gasteiger partial charge >= 0.3 is 0 Å². The molecule has 4 nitrogen and oxygen atoms in total. The van der Waals surface area contributed by atoms with Crippen molar-refractivity contribution in [1.82, 2.24) is 9.55 Å². The minimum absolute atomic E-state index is 0.505. The topological polar surface area (TPSA) is 39.4 Å². The average molecular weight is 332 g/mol. The van der Waals surface area contributed by atoms with Crippen LogP contribution in [0.1, 0.15) is 12.7 Å². The van der Waals surface area contributed by atoms with Crippen LogP contribution in [-0.4, -0.2) is 22.4 Å². The van der Waals surface area contributed by atoms with Crippen LogP contribution in [0.25, 0.3) is 16.8 Å². The molecule has 0 amide bonds. The van der Waals surface area contributed by atoms with Gasteiger partial charge in [-0.2, -0.15) is 0 Å². The van der Waals surface area contributed by atoms with Gasteiger partial charge in [0.1, 0.15) is 17.2 Å². The molecule has 3 rings (SSSR count). The van der Waals surface area contributed by atoms with E-state index in [2.05, 4.69) is 42.6 Å². The summed E-state index contributed by atoms with van der Waals surface area (Å²) in [6, 6.07) is 10.2. The monoisotopic (exact) mass is 331 g/mol. The first-order valence-electron chi connectivity index (χ1n) is 6.37. The van der Waals surface area contributed by atoms with E-state index in [1.54, 1.807) is 12.4 Å². The molecule has 0 N–H and O–H groups in total. The van der Waals surface area contributed by atoms with Crippen LogP contribution < -0.4 is 0 Å². The molecule has 5 heteroatoms. The molecule has 0 unspecified atom stereocenters. The third-order valence-corrected chi connectivity index (χ3v) is 3.67. The Morgan fingerprint density at radius 3 is 2.90 bits per heavy atom. The first-order chi connectivity index (χ1) is 9.81. The van der Waals surface area contributed by atoms with Crippen molar-refractivity contribution in [2.24, 2.45) is 4.99 Å². The summed E-state index contributed by atoms with van der Waals surface area (Å²) < 4.78 is 8.54. The molecule has 0 radical (unpaired) electrons. The lowest BCUT2D eigenvalue weighted by molar-refractivity contribution is 0.0926. The Balaban J connectivity index is 2.14. The van der Waals surface area contributed by atoms with Crippen molar-refractivity contribution in [1.29, 1.82) is 0 Å². The van der Waals surface area contributed by atoms with Crippen LogP contribution in [0.15, 0.2) is 46.1 Å². The lowest BCUT2D eigenvalue weighted by Crippen LogP contribution is -2.16. The van der Waals surface area contributed by atoms with Crippen molar-refractivity contribution in [3.63, 3.8) is 0 Å². The van der Waals surface area contributed by atoms with Gasteiger partial charge in [-0.15, -0.1) is 0 Å². The standard InChI is InChI=1S/C15H14BrN3O/c1-2-17-8-12-9-20-10-19-13(14(16)18-15(12)19)11-6-4-3-5-7-11/h2-8H,9-10H2,1H3/b12-8+,17-2-. The largest absolute Gasteiger partial charge is 0.356 e. The van der Waals surface area contributed by atoms with Crippen molar-refractivity contribution < 1.29 is 4.74 Å². The third-order valence-electron chi connectivity index (χ3n) is 3.12. The molecule has 1 aliphatic heterocycles. The molecule has 1 aromatic heterocycles. The van der Waals surface area contributed by atoms with Crippen LogP contribution in [-0.2, 0) is 11.5 Å². The minimum atomic E-state index is 0.505. The molecule has 2 heterocycles. The van der Waals surface area contributed by atoms with E-state index in [4.69, 9.17) is 4.74 Å². The van der Waals surface area contributed by atoms with Gasteiger partial charge in [0, 0.05) is 23.6 Å². The molecule has 0 saturated heterocycles. The number of hydrogen-bond acceptors (Lipinski definition) is 3. The molecule has 0 aliphatic carbocycles. The van der Waals surface area contributed by atoms with E-state index < -0.39 is 0 Å². The van der Waals surface area contributed by atoms with Crippen LogP contribution in [0.5, 0.6) is 0 Å². The van der Waals surface area contributed by atoms with Gasteiger partial charge in [-0.3, -0.25) is 9.56 Å². The van der Waals surface area contributed by atoms with Crippen LogP contribution in [0.4, 0.5) is 0 Å². The number of nitrogens with zero attached hydrogens (tertiary/aromatic N) is 3. The van der Waals surface area contributed by atoms with Gasteiger partial charge in [-0.25, -0.2) is 4.98 Å². The number of hydrogen-bond donors (Lipinski definition) is 0. The second-order valence-corrected chi connectivity index (χ2v) is 5.16. The predicted molar refractivity (Wildman–Crippen MR) is 83.5 cm³/mol. The maximum Gasteiger partial charge on any atom is 0.143 e. The van der Waals surface area contributed by atoms with Crippen molar-refractivity contribution in [2.45, 2.75) is 13.7 Å². The molecule has 0 bridgehead atoms. The van der Waals surface area contributed by atoms with Crippen molar-refractivity contribution >= 4 is 27.7 Å². The lowest BCUT2D eigenvalue weighted by Gasteiger charge is -2.19. The van der Waals surface area contributed by atoms with E-state index in [0.29, 0.717) is 13.3 Å². The summed E-state index contributed by atoms with van der Waals surface area (Å²) in [7, 11) is 0. The number of fused-ring (bicyclic) bond motifs is 1. The summed E-state index contributed by atoms with van der Waals surface area (Å²) in [5.74, 6) is 0.910. The fourth-order valence-electron chi connectivity index (χ4n) is 2.24. The SMILES string of the molecule is C/C=N\C=C1/COCn2c1nc(Br)c2-c1ccccc1. The quantitative estimate of drug-likeness (QED) is 0.786. The maximum absolute atomic E-state index is 5.64. The number of imidazole rings is 1. The van der Waals surface area contributed by atoms with Crippen LogP contribution in [0.2, 0.25) is 0 Å². The highest BCUT2D eigenvalue weighted by atomic mass is 79.9. The van der Waals surface area contributed by atoms with Gasteiger partial charge < -0.3 is 4.74 Å². The lowest BCUT2D eigenvalue weighted by atomic mass is 10.1. The van der Waals surface area contributed by atoms with Crippen molar-refractivity contribution in [3.05, 3.63) is 47.0 Å². The smallest absolute Gasteiger partial charge is 0.143 e. The predicted octanol–water partition coefficient (Wildman–Crippen LogP) is 3.73. The summed E-state index contributed by atoms with van der Waals surface area (Å²) in [6.07, 6.45) is 3.56. The highest BCUT2D eigenvalue weighted by Gasteiger charge is 2.23. The zero-order valence-corrected chi connectivity index (χ0v) is 12.7. The number of benzene rings is 1. The van der Waals surface area contributed by atoms with E-state index in [0.717, 1.165) is 27.3 Å². The molecule has 20 heavy (non-hydrogen) atoms. The number of aromatic nitrogens is 2. The zero-order valence-electron chi connectivity index (χ0n) is 11.1. The van der Waals surface area contributed by atoms with Gasteiger partial charge in [0.25, 0.3) is 0 Å². The summed E-state index contributed by atoms with van der Waals surface area (Å²) in [5, 5.41) is 0. The van der Waals surface area contributed by atoms with Gasteiger partial charge in [0.05, 0.1) is 12.3 Å². The molecule has 1 aromatic carbocycles. The highest BCUT2D eigenvalue weighted by Crippen LogP contribution is 2.33. The number of ether oxygens (including phenoxy) is 1. The normalized spacial score (nSPS) is 16.8. The molecule has 0 fully saturated rings. The average Bonchev–Trinajstić information content (AvgIpc) is 2.82. The van der Waals surface area contributed by atoms with E-state index in [1.807, 2.05) is 25.1 Å². The first kappa shape index (κ1) is 13.3. The van der Waals surface area contributed by atoms with Gasteiger partial charge in [-0.05, 0) is 22.9 Å². The molecule has 0 atom stereocenters. The molecular weight excluding hydrogens is 318 g/mol. The Labute approximate surface area is 125 Å². The van der Waals surface area contributed by atoms with Gasteiger partial charge in [0.15, 0.2) is 0 Å². The zero-order chi connectivity index (χ0) is 13.9. The molecule has 102 valence electrons. The number of aliphatic imine (C=N–C) groups is 1. The van der Waals surface area contributed by atoms with Gasteiger partial charge in [0.2, 0.25) is 0 Å². The highest BCUT2D eigenvalue weighted by molar-refractivity contribution is 9.10. The summed E-state index contributed by atoms with van der Waals surface area (Å²) in [4.78, 5) is 8.79. The van der Waals surface area contributed by atoms with Crippen LogP contribution >= 0.6 is 15.9 Å². The molecule has 1 aliphatic rings. The molecule has 2 aromatic rings. The van der Waals surface area contributed by atoms with Crippen molar-refractivity contribution in [2.75, 3.05) is 6.61 Å². The fraction of sp³-hybridized carbons (Fsp3) is 0.200. The van der Waals surface area contributed by atoms with E-state index in [-0.39, 0.29) is 0 Å². The molecule has 0 saturated carbocycles. The fourth-order valence-corrected chi connectivity index (χ4v) is 2.85. The van der Waals surface area contributed by atoms with E-state index in [9.17, 15) is 0 Å². The Hall–Kier alpha value is -1.72. The second kappa shape index (κ2) is 5.73. The Morgan fingerprint density at radius 1 is 1.35 bits per heavy atom. The van der Waals surface area contributed by atoms with E-state index >= 15 is 0 Å². The Kier molecular flexibility index (Phi) is 3.80. The minimum Gasteiger partial charge on any atom is -0.356 e. The summed E-state index contributed by atoms with van der Waals surface area (Å²) in [6.45, 7) is 2.93. The van der Waals surface area contributed by atoms with Crippen LogP contribution in [0.3, 0.4) is 0 Å². The van der Waals surface area contributed by atoms with E-state index in [1.165, 1.54) is 0 Å². The Morgan fingerprint density at radius 2 is 2.15 bits per heavy atom. The first-order valence-corrected chi connectivity index (χ1v) is 7.17. The number of rotatable bonds is 2. The summed E-state index contributed by atoms with van der Waals surface area (Å²) >= 11 is 3.56. The number of halogens is 1. The van der Waals surface area contributed by atoms with Crippen molar-refractivity contribution in [3.8, 4) is 11.3 Å².